The standard InChI is InChI=1S/C38H42Cl2N10O3/c1-21-25(22(2)48-47-21)13-16-50-17-14-31-30(20-50)44-36(49(31)3)37(52)45-29-7-5-6-27(33(29)39)35-34(40)26(12-15-42-35)28-10-8-23(38(46-28)53-4)18-41-19-24-9-11-32(51)43-24/h5-8,10,12,15,24,41H,9,11,13-14,16-20H2,1-4H3,(H,43,51)(H,45,52)(H,47,48)/t24-/m0/s1. The molecule has 53 heavy (non-hydrogen) atoms. The highest BCUT2D eigenvalue weighted by Crippen LogP contribution is 2.40. The number of nitrogens with zero attached hydrogens (tertiary/aromatic N) is 6. The van der Waals surface area contributed by atoms with Crippen LogP contribution in [0.2, 0.25) is 10.0 Å². The Balaban J connectivity index is 1.05. The fourth-order valence-corrected chi connectivity index (χ4v) is 7.72. The van der Waals surface area contributed by atoms with Gasteiger partial charge in [0.2, 0.25) is 11.8 Å². The van der Waals surface area contributed by atoms with Crippen molar-refractivity contribution < 1.29 is 14.3 Å². The number of pyridine rings is 2. The number of H-pyrrole nitrogens is 1. The average molecular weight is 758 g/mol. The van der Waals surface area contributed by atoms with Crippen LogP contribution in [0.4, 0.5) is 5.69 Å². The zero-order chi connectivity index (χ0) is 37.2. The quantitative estimate of drug-likeness (QED) is 0.131. The van der Waals surface area contributed by atoms with Crippen molar-refractivity contribution in [3.63, 3.8) is 0 Å². The van der Waals surface area contributed by atoms with Gasteiger partial charge in [0.05, 0.1) is 45.6 Å². The topological polar surface area (TPSA) is 155 Å². The Bertz CT molecular complexity index is 2160. The number of anilines is 1. The monoisotopic (exact) mass is 756 g/mol. The number of carbonyl (C=O) groups is 2. The summed E-state index contributed by atoms with van der Waals surface area (Å²) < 4.78 is 7.51. The number of ether oxygens (including phenoxy) is 1. The number of nitrogens with one attached hydrogen (secondary N) is 4. The number of rotatable bonds is 12. The molecule has 4 aromatic heterocycles. The minimum Gasteiger partial charge on any atom is -0.481 e. The number of aromatic amines is 1. The number of methoxy groups -OCH3 is 1. The maximum absolute atomic E-state index is 13.7. The van der Waals surface area contributed by atoms with Crippen LogP contribution in [0.5, 0.6) is 5.88 Å². The molecule has 1 atom stereocenters. The van der Waals surface area contributed by atoms with Crippen molar-refractivity contribution in [2.24, 2.45) is 7.05 Å². The van der Waals surface area contributed by atoms with Crippen LogP contribution in [0.1, 0.15) is 57.4 Å². The second-order valence-corrected chi connectivity index (χ2v) is 14.3. The lowest BCUT2D eigenvalue weighted by Crippen LogP contribution is -2.35. The molecule has 1 saturated heterocycles. The van der Waals surface area contributed by atoms with Crippen molar-refractivity contribution in [2.45, 2.75) is 58.7 Å². The lowest BCUT2D eigenvalue weighted by atomic mass is 10.1. The number of aromatic nitrogens is 6. The number of aryl methyl sites for hydroxylation is 2. The molecule has 0 bridgehead atoms. The van der Waals surface area contributed by atoms with Gasteiger partial charge in [-0.2, -0.15) is 5.10 Å². The van der Waals surface area contributed by atoms with Crippen molar-refractivity contribution in [3.8, 4) is 28.4 Å². The number of hydrogen-bond acceptors (Lipinski definition) is 9. The van der Waals surface area contributed by atoms with Crippen molar-refractivity contribution in [1.29, 1.82) is 0 Å². The number of halogens is 2. The first kappa shape index (κ1) is 36.5. The third-order valence-corrected chi connectivity index (χ3v) is 10.9. The van der Waals surface area contributed by atoms with E-state index in [1.54, 1.807) is 31.5 Å². The van der Waals surface area contributed by atoms with Crippen LogP contribution < -0.4 is 20.7 Å². The van der Waals surface area contributed by atoms with Gasteiger partial charge in [-0.15, -0.1) is 0 Å². The van der Waals surface area contributed by atoms with Crippen LogP contribution in [-0.4, -0.2) is 79.2 Å². The maximum Gasteiger partial charge on any atom is 0.291 e. The van der Waals surface area contributed by atoms with Gasteiger partial charge in [0.15, 0.2) is 5.82 Å². The molecule has 0 unspecified atom stereocenters. The smallest absolute Gasteiger partial charge is 0.291 e. The van der Waals surface area contributed by atoms with Gasteiger partial charge < -0.3 is 25.3 Å². The van der Waals surface area contributed by atoms with E-state index in [0.29, 0.717) is 76.0 Å². The molecule has 0 spiro atoms. The Labute approximate surface area is 317 Å². The summed E-state index contributed by atoms with van der Waals surface area (Å²) in [6.45, 7) is 7.70. The summed E-state index contributed by atoms with van der Waals surface area (Å²) in [7, 11) is 3.46. The fourth-order valence-electron chi connectivity index (χ4n) is 7.15. The highest BCUT2D eigenvalue weighted by atomic mass is 35.5. The second-order valence-electron chi connectivity index (χ2n) is 13.5. The molecule has 15 heteroatoms. The lowest BCUT2D eigenvalue weighted by Gasteiger charge is -2.26. The summed E-state index contributed by atoms with van der Waals surface area (Å²) in [5.41, 5.74) is 8.90. The van der Waals surface area contributed by atoms with Gasteiger partial charge in [-0.25, -0.2) is 9.97 Å². The average Bonchev–Trinajstić information content (AvgIpc) is 3.83. The van der Waals surface area contributed by atoms with E-state index in [2.05, 4.69) is 43.0 Å². The Kier molecular flexibility index (Phi) is 10.8. The minimum atomic E-state index is -0.358. The molecule has 2 aliphatic heterocycles. The predicted molar refractivity (Wildman–Crippen MR) is 204 cm³/mol. The van der Waals surface area contributed by atoms with Gasteiger partial charge in [-0.05, 0) is 50.5 Å². The van der Waals surface area contributed by atoms with Crippen molar-refractivity contribution >= 4 is 40.7 Å². The first-order valence-corrected chi connectivity index (χ1v) is 18.4. The van der Waals surface area contributed by atoms with Crippen LogP contribution in [-0.2, 0) is 37.8 Å². The lowest BCUT2D eigenvalue weighted by molar-refractivity contribution is -0.119. The molecule has 0 radical (unpaired) electrons. The Morgan fingerprint density at radius 2 is 1.92 bits per heavy atom. The van der Waals surface area contributed by atoms with Crippen LogP contribution in [0.3, 0.4) is 0 Å². The first-order chi connectivity index (χ1) is 25.6. The van der Waals surface area contributed by atoms with E-state index in [1.165, 1.54) is 5.56 Å². The zero-order valence-electron chi connectivity index (χ0n) is 30.1. The molecule has 276 valence electrons. The molecular weight excluding hydrogens is 715 g/mol. The summed E-state index contributed by atoms with van der Waals surface area (Å²) in [4.78, 5) is 41.7. The molecule has 1 aromatic carbocycles. The number of amides is 2. The number of imidazole rings is 1. The van der Waals surface area contributed by atoms with Crippen LogP contribution >= 0.6 is 23.2 Å². The van der Waals surface area contributed by atoms with Gasteiger partial charge in [0.1, 0.15) is 0 Å². The molecule has 6 heterocycles. The maximum atomic E-state index is 13.7. The molecule has 5 aromatic rings. The first-order valence-electron chi connectivity index (χ1n) is 17.7. The van der Waals surface area contributed by atoms with Gasteiger partial charge in [-0.3, -0.25) is 24.6 Å². The van der Waals surface area contributed by atoms with E-state index in [-0.39, 0.29) is 17.9 Å². The van der Waals surface area contributed by atoms with Gasteiger partial charge in [-0.1, -0.05) is 41.4 Å². The van der Waals surface area contributed by atoms with Crippen molar-refractivity contribution in [3.05, 3.63) is 92.4 Å². The molecule has 13 nitrogen and oxygen atoms in total. The minimum absolute atomic E-state index is 0.0879. The molecule has 0 aliphatic carbocycles. The summed E-state index contributed by atoms with van der Waals surface area (Å²) in [5, 5.41) is 17.4. The zero-order valence-corrected chi connectivity index (χ0v) is 31.7. The number of carbonyl (C=O) groups excluding carboxylic acids is 2. The van der Waals surface area contributed by atoms with E-state index >= 15 is 0 Å². The van der Waals surface area contributed by atoms with Gasteiger partial charge >= 0.3 is 0 Å². The molecule has 1 fully saturated rings. The van der Waals surface area contributed by atoms with Gasteiger partial charge in [0, 0.05) is 92.9 Å². The van der Waals surface area contributed by atoms with Crippen molar-refractivity contribution in [1.82, 2.24) is 45.2 Å². The SMILES string of the molecule is COc1nc(-c2ccnc(-c3cccc(NC(=O)c4nc5c(n4C)CCN(CCc4c(C)n[nH]c4C)C5)c3Cl)c2Cl)ccc1CNC[C@@H]1CCC(=O)N1. The Hall–Kier alpha value is -4.82. The molecule has 0 saturated carbocycles. The third kappa shape index (κ3) is 7.65. The normalized spacial score (nSPS) is 15.7. The fraction of sp³-hybridized carbons (Fsp3) is 0.368. The van der Waals surface area contributed by atoms with E-state index in [4.69, 9.17) is 37.9 Å². The summed E-state index contributed by atoms with van der Waals surface area (Å²) in [6.07, 6.45) is 4.73. The van der Waals surface area contributed by atoms with Crippen LogP contribution in [0.15, 0.2) is 42.6 Å². The second kappa shape index (κ2) is 15.7. The van der Waals surface area contributed by atoms with E-state index in [9.17, 15) is 9.59 Å². The summed E-state index contributed by atoms with van der Waals surface area (Å²) >= 11 is 14.0. The van der Waals surface area contributed by atoms with Crippen LogP contribution in [0, 0.1) is 13.8 Å². The largest absolute Gasteiger partial charge is 0.481 e. The highest BCUT2D eigenvalue weighted by molar-refractivity contribution is 6.39. The Morgan fingerprint density at radius 3 is 2.68 bits per heavy atom. The number of fused-ring (bicyclic) bond motifs is 1. The van der Waals surface area contributed by atoms with Gasteiger partial charge in [0.25, 0.3) is 5.91 Å². The Morgan fingerprint density at radius 1 is 1.08 bits per heavy atom. The molecule has 2 aliphatic rings. The molecule has 4 N–H and O–H groups in total. The summed E-state index contributed by atoms with van der Waals surface area (Å²) in [6, 6.07) is 11.1. The van der Waals surface area contributed by atoms with Crippen molar-refractivity contribution in [2.75, 3.05) is 32.1 Å². The summed E-state index contributed by atoms with van der Waals surface area (Å²) in [5.74, 6) is 0.515. The number of hydrogen-bond donors (Lipinski definition) is 4. The third-order valence-electron chi connectivity index (χ3n) is 10.1. The molecule has 7 rings (SSSR count). The molecular formula is C38H42Cl2N10O3. The predicted octanol–water partition coefficient (Wildman–Crippen LogP) is 5.42. The highest BCUT2D eigenvalue weighted by Gasteiger charge is 2.27. The molecule has 2 amide bonds. The van der Waals surface area contributed by atoms with Crippen LogP contribution in [0.25, 0.3) is 22.5 Å². The number of benzene rings is 1. The van der Waals surface area contributed by atoms with E-state index < -0.39 is 0 Å². The van der Waals surface area contributed by atoms with E-state index in [0.717, 1.165) is 60.7 Å². The van der Waals surface area contributed by atoms with E-state index in [1.807, 2.05) is 36.7 Å².